The van der Waals surface area contributed by atoms with Crippen molar-refractivity contribution in [1.29, 1.82) is 0 Å². The van der Waals surface area contributed by atoms with Crippen LogP contribution < -0.4 is 0 Å². The third kappa shape index (κ3) is 4.62. The van der Waals surface area contributed by atoms with E-state index in [2.05, 4.69) is 4.40 Å². The van der Waals surface area contributed by atoms with Gasteiger partial charge in [-0.2, -0.15) is 0 Å². The number of rotatable bonds is 7. The molecule has 1 aliphatic heterocycles. The maximum absolute atomic E-state index is 14.4. The molecular formula is C28H30FNO4S. The summed E-state index contributed by atoms with van der Waals surface area (Å²) in [7, 11) is -4.06. The monoisotopic (exact) mass is 495 g/mol. The van der Waals surface area contributed by atoms with Crippen molar-refractivity contribution in [2.24, 2.45) is 4.40 Å². The third-order valence-electron chi connectivity index (χ3n) is 7.05. The van der Waals surface area contributed by atoms with Crippen LogP contribution in [0, 0.1) is 5.82 Å². The van der Waals surface area contributed by atoms with Crippen LogP contribution in [0.1, 0.15) is 50.7 Å². The van der Waals surface area contributed by atoms with E-state index in [4.69, 9.17) is 4.74 Å². The maximum atomic E-state index is 14.4. The molecule has 0 saturated heterocycles. The molecule has 0 radical (unpaired) electrons. The van der Waals surface area contributed by atoms with Gasteiger partial charge in [0.15, 0.2) is 4.75 Å². The zero-order valence-electron chi connectivity index (χ0n) is 20.1. The second-order valence-corrected chi connectivity index (χ2v) is 11.4. The average molecular weight is 496 g/mol. The predicted octanol–water partition coefficient (Wildman–Crippen LogP) is 5.80. The van der Waals surface area contributed by atoms with E-state index >= 15 is 0 Å². The van der Waals surface area contributed by atoms with Crippen LogP contribution in [-0.2, 0) is 19.5 Å². The SMILES string of the molecule is CC1(C)OC(C[C@@H](CCO)c2ccccc2F)=NS(=O)(=O)C1(C)c1ccc(-c2ccccc2)cc1. The van der Waals surface area contributed by atoms with E-state index < -0.39 is 32.1 Å². The Balaban J connectivity index is 1.69. The summed E-state index contributed by atoms with van der Waals surface area (Å²) in [6, 6.07) is 23.5. The highest BCUT2D eigenvalue weighted by atomic mass is 32.2. The maximum Gasteiger partial charge on any atom is 0.269 e. The van der Waals surface area contributed by atoms with Crippen LogP contribution in [0.25, 0.3) is 11.1 Å². The summed E-state index contributed by atoms with van der Waals surface area (Å²) < 4.78 is 50.5. The summed E-state index contributed by atoms with van der Waals surface area (Å²) in [5.41, 5.74) is 1.83. The number of aliphatic hydroxyl groups excluding tert-OH is 1. The van der Waals surface area contributed by atoms with Gasteiger partial charge in [0.1, 0.15) is 11.4 Å². The molecule has 35 heavy (non-hydrogen) atoms. The molecule has 4 rings (SSSR count). The average Bonchev–Trinajstić information content (AvgIpc) is 2.83. The van der Waals surface area contributed by atoms with Crippen molar-refractivity contribution in [3.05, 3.63) is 95.8 Å². The van der Waals surface area contributed by atoms with Crippen molar-refractivity contribution >= 4 is 15.9 Å². The fourth-order valence-corrected chi connectivity index (χ4v) is 6.33. The topological polar surface area (TPSA) is 76.0 Å². The molecule has 1 heterocycles. The largest absolute Gasteiger partial charge is 0.472 e. The molecule has 1 aliphatic rings. The van der Waals surface area contributed by atoms with Gasteiger partial charge in [-0.05, 0) is 61.4 Å². The summed E-state index contributed by atoms with van der Waals surface area (Å²) in [6.07, 6.45) is 0.315. The molecule has 0 fully saturated rings. The van der Waals surface area contributed by atoms with Crippen LogP contribution in [0.3, 0.4) is 0 Å². The van der Waals surface area contributed by atoms with Gasteiger partial charge in [-0.3, -0.25) is 0 Å². The summed E-state index contributed by atoms with van der Waals surface area (Å²) in [6.45, 7) is 4.92. The number of hydrogen-bond donors (Lipinski definition) is 1. The van der Waals surface area contributed by atoms with Crippen molar-refractivity contribution < 1.29 is 22.7 Å². The zero-order chi connectivity index (χ0) is 25.3. The lowest BCUT2D eigenvalue weighted by Gasteiger charge is -2.45. The minimum Gasteiger partial charge on any atom is -0.472 e. The van der Waals surface area contributed by atoms with E-state index in [0.717, 1.165) is 11.1 Å². The zero-order valence-corrected chi connectivity index (χ0v) is 20.9. The minimum absolute atomic E-state index is 0.0232. The highest BCUT2D eigenvalue weighted by Gasteiger charge is 2.58. The Kier molecular flexibility index (Phi) is 6.84. The van der Waals surface area contributed by atoms with Gasteiger partial charge in [-0.1, -0.05) is 72.8 Å². The van der Waals surface area contributed by atoms with Gasteiger partial charge in [0.2, 0.25) is 5.90 Å². The Morgan fingerprint density at radius 1 is 0.914 bits per heavy atom. The highest BCUT2D eigenvalue weighted by Crippen LogP contribution is 2.47. The molecule has 0 bridgehead atoms. The van der Waals surface area contributed by atoms with Gasteiger partial charge < -0.3 is 9.84 Å². The Labute approximate surface area is 206 Å². The highest BCUT2D eigenvalue weighted by molar-refractivity contribution is 7.91. The molecular weight excluding hydrogens is 465 g/mol. The van der Waals surface area contributed by atoms with Crippen molar-refractivity contribution in [2.45, 2.75) is 49.9 Å². The molecule has 184 valence electrons. The first-order valence-corrected chi connectivity index (χ1v) is 13.1. The number of aliphatic hydroxyl groups is 1. The first-order valence-electron chi connectivity index (χ1n) is 11.6. The van der Waals surface area contributed by atoms with E-state index in [0.29, 0.717) is 11.1 Å². The number of sulfonamides is 1. The van der Waals surface area contributed by atoms with Crippen molar-refractivity contribution in [1.82, 2.24) is 0 Å². The number of nitrogens with zero attached hydrogens (tertiary/aromatic N) is 1. The van der Waals surface area contributed by atoms with E-state index in [1.165, 1.54) is 6.07 Å². The predicted molar refractivity (Wildman–Crippen MR) is 136 cm³/mol. The van der Waals surface area contributed by atoms with Crippen LogP contribution in [0.2, 0.25) is 0 Å². The minimum atomic E-state index is -4.06. The van der Waals surface area contributed by atoms with Crippen LogP contribution in [0.4, 0.5) is 4.39 Å². The van der Waals surface area contributed by atoms with Gasteiger partial charge in [-0.25, -0.2) is 12.8 Å². The van der Waals surface area contributed by atoms with Gasteiger partial charge in [0, 0.05) is 13.0 Å². The van der Waals surface area contributed by atoms with Crippen molar-refractivity contribution in [3.63, 3.8) is 0 Å². The lowest BCUT2D eigenvalue weighted by atomic mass is 9.84. The molecule has 0 amide bonds. The smallest absolute Gasteiger partial charge is 0.269 e. The summed E-state index contributed by atoms with van der Waals surface area (Å²) >= 11 is 0. The second-order valence-electron chi connectivity index (χ2n) is 9.48. The normalized spacial score (nSPS) is 21.6. The molecule has 2 atom stereocenters. The molecule has 3 aromatic carbocycles. The Morgan fingerprint density at radius 2 is 1.51 bits per heavy atom. The molecule has 3 aromatic rings. The molecule has 5 nitrogen and oxygen atoms in total. The summed E-state index contributed by atoms with van der Waals surface area (Å²) in [5, 5.41) is 9.54. The molecule has 0 aliphatic carbocycles. The van der Waals surface area contributed by atoms with E-state index in [1.807, 2.05) is 42.5 Å². The number of benzene rings is 3. The van der Waals surface area contributed by atoms with Crippen LogP contribution in [0.5, 0.6) is 0 Å². The molecule has 1 N–H and O–H groups in total. The number of halogens is 1. The van der Waals surface area contributed by atoms with Crippen LogP contribution >= 0.6 is 0 Å². The van der Waals surface area contributed by atoms with Crippen molar-refractivity contribution in [2.75, 3.05) is 6.61 Å². The number of hydrogen-bond acceptors (Lipinski definition) is 4. The Hall–Kier alpha value is -3.03. The molecule has 0 spiro atoms. The summed E-state index contributed by atoms with van der Waals surface area (Å²) in [5.74, 6) is -0.858. The lowest BCUT2D eigenvalue weighted by molar-refractivity contribution is 0.0424. The van der Waals surface area contributed by atoms with Crippen LogP contribution in [0.15, 0.2) is 83.3 Å². The van der Waals surface area contributed by atoms with Crippen LogP contribution in [-0.4, -0.2) is 31.6 Å². The van der Waals surface area contributed by atoms with Gasteiger partial charge in [-0.15, -0.1) is 4.40 Å². The fraction of sp³-hybridized carbons (Fsp3) is 0.321. The number of ether oxygens (including phenoxy) is 1. The molecule has 1 unspecified atom stereocenters. The first kappa shape index (κ1) is 25.1. The molecule has 0 saturated carbocycles. The van der Waals surface area contributed by atoms with E-state index in [1.54, 1.807) is 51.1 Å². The van der Waals surface area contributed by atoms with E-state index in [9.17, 15) is 17.9 Å². The second kappa shape index (κ2) is 9.55. The fourth-order valence-electron chi connectivity index (χ4n) is 4.67. The van der Waals surface area contributed by atoms with E-state index in [-0.39, 0.29) is 25.3 Å². The Bertz CT molecular complexity index is 1320. The van der Waals surface area contributed by atoms with Gasteiger partial charge in [0.25, 0.3) is 10.0 Å². The van der Waals surface area contributed by atoms with Gasteiger partial charge in [0.05, 0.1) is 0 Å². The quantitative estimate of drug-likeness (QED) is 0.449. The Morgan fingerprint density at radius 3 is 2.11 bits per heavy atom. The van der Waals surface area contributed by atoms with Gasteiger partial charge >= 0.3 is 0 Å². The lowest BCUT2D eigenvalue weighted by Crippen LogP contribution is -2.55. The molecule has 0 aromatic heterocycles. The molecule has 7 heteroatoms. The first-order chi connectivity index (χ1) is 16.6. The standard InChI is InChI=1S/C28H30FNO4S/c1-27(2)28(3,23-15-13-21(14-16-23)20-9-5-4-6-10-20)35(32,33)30-26(34-27)19-22(17-18-31)24-11-7-8-12-25(24)29/h4-16,22,31H,17-19H2,1-3H3/t22-,28?/m1/s1. The summed E-state index contributed by atoms with van der Waals surface area (Å²) in [4.78, 5) is 0. The third-order valence-corrected chi connectivity index (χ3v) is 9.25. The van der Waals surface area contributed by atoms with Crippen molar-refractivity contribution in [3.8, 4) is 11.1 Å².